The molecule has 2 aromatic carbocycles. The lowest BCUT2D eigenvalue weighted by Gasteiger charge is -2.14. The number of imidazole rings is 1. The molecule has 6 nitrogen and oxygen atoms in total. The van der Waals surface area contributed by atoms with Gasteiger partial charge in [0.05, 0.1) is 11.2 Å². The second kappa shape index (κ2) is 8.80. The number of aromatic nitrogens is 4. The van der Waals surface area contributed by atoms with Crippen molar-refractivity contribution >= 4 is 28.7 Å². The number of hydrogen-bond acceptors (Lipinski definition) is 5. The lowest BCUT2D eigenvalue weighted by molar-refractivity contribution is 0.490. The predicted octanol–water partition coefficient (Wildman–Crippen LogP) is 4.65. The van der Waals surface area contributed by atoms with Crippen LogP contribution in [0, 0.1) is 17.6 Å². The van der Waals surface area contributed by atoms with Crippen LogP contribution >= 0.6 is 11.6 Å². The van der Waals surface area contributed by atoms with Crippen molar-refractivity contribution < 1.29 is 8.78 Å². The third-order valence-corrected chi connectivity index (χ3v) is 5.98. The van der Waals surface area contributed by atoms with Crippen LogP contribution < -0.4 is 10.6 Å². The molecule has 2 aromatic heterocycles. The van der Waals surface area contributed by atoms with Crippen LogP contribution in [0.3, 0.4) is 0 Å². The van der Waals surface area contributed by atoms with Crippen LogP contribution in [0.2, 0.25) is 5.02 Å². The van der Waals surface area contributed by atoms with Gasteiger partial charge in [0, 0.05) is 24.2 Å². The summed E-state index contributed by atoms with van der Waals surface area (Å²) in [6.07, 6.45) is 2.70. The van der Waals surface area contributed by atoms with E-state index in [2.05, 4.69) is 25.2 Å². The van der Waals surface area contributed by atoms with E-state index >= 15 is 0 Å². The molecule has 1 fully saturated rings. The standard InChI is InChI=1S/C23H21ClF2N6/c24-18-4-2-1-3-17(18)21-30-20-12-29-23(28-11-15-9-16(25)5-6-19(15)26)31-22(20)32(21)13-14-7-8-27-10-14/h1-6,9,12,14,27H,7-8,10-11,13H2,(H,28,29,31)/t14-/m0/s1. The average Bonchev–Trinajstić information content (AvgIpc) is 3.43. The van der Waals surface area contributed by atoms with Gasteiger partial charge in [0.2, 0.25) is 5.95 Å². The molecule has 32 heavy (non-hydrogen) atoms. The topological polar surface area (TPSA) is 67.7 Å². The van der Waals surface area contributed by atoms with Gasteiger partial charge in [0.15, 0.2) is 5.65 Å². The smallest absolute Gasteiger partial charge is 0.225 e. The monoisotopic (exact) mass is 454 g/mol. The van der Waals surface area contributed by atoms with Gasteiger partial charge >= 0.3 is 0 Å². The van der Waals surface area contributed by atoms with Gasteiger partial charge in [0.25, 0.3) is 0 Å². The van der Waals surface area contributed by atoms with Crippen LogP contribution in [0.15, 0.2) is 48.7 Å². The minimum Gasteiger partial charge on any atom is -0.350 e. The average molecular weight is 455 g/mol. The minimum atomic E-state index is -0.493. The molecule has 1 atom stereocenters. The Hall–Kier alpha value is -3.10. The number of benzene rings is 2. The molecule has 1 aliphatic heterocycles. The number of halogens is 3. The van der Waals surface area contributed by atoms with Crippen molar-refractivity contribution in [3.63, 3.8) is 0 Å². The van der Waals surface area contributed by atoms with Gasteiger partial charge in [-0.1, -0.05) is 23.7 Å². The molecular weight excluding hydrogens is 434 g/mol. The zero-order valence-electron chi connectivity index (χ0n) is 17.2. The fraction of sp³-hybridized carbons (Fsp3) is 0.261. The molecule has 4 aromatic rings. The van der Waals surface area contributed by atoms with Gasteiger partial charge in [-0.3, -0.25) is 0 Å². The summed E-state index contributed by atoms with van der Waals surface area (Å²) in [6.45, 7) is 2.71. The largest absolute Gasteiger partial charge is 0.350 e. The highest BCUT2D eigenvalue weighted by atomic mass is 35.5. The fourth-order valence-electron chi connectivity index (χ4n) is 4.01. The second-order valence-corrected chi connectivity index (χ2v) is 8.28. The predicted molar refractivity (Wildman–Crippen MR) is 120 cm³/mol. The Bertz CT molecular complexity index is 1270. The fourth-order valence-corrected chi connectivity index (χ4v) is 4.23. The molecule has 9 heteroatoms. The highest BCUT2D eigenvalue weighted by Gasteiger charge is 2.22. The molecule has 0 bridgehead atoms. The van der Waals surface area contributed by atoms with E-state index in [1.54, 1.807) is 6.20 Å². The van der Waals surface area contributed by atoms with Crippen LogP contribution in [-0.2, 0) is 13.1 Å². The molecule has 0 saturated carbocycles. The van der Waals surface area contributed by atoms with Gasteiger partial charge in [-0.05, 0) is 55.8 Å². The Morgan fingerprint density at radius 3 is 2.84 bits per heavy atom. The van der Waals surface area contributed by atoms with Crippen molar-refractivity contribution in [2.45, 2.75) is 19.5 Å². The molecule has 2 N–H and O–H groups in total. The first-order valence-electron chi connectivity index (χ1n) is 10.4. The number of nitrogens with one attached hydrogen (secondary N) is 2. The molecule has 0 unspecified atom stereocenters. The Morgan fingerprint density at radius 1 is 1.16 bits per heavy atom. The molecule has 1 saturated heterocycles. The number of rotatable bonds is 6. The summed E-state index contributed by atoms with van der Waals surface area (Å²) in [4.78, 5) is 13.7. The van der Waals surface area contributed by atoms with Crippen LogP contribution in [0.5, 0.6) is 0 Å². The number of nitrogens with zero attached hydrogens (tertiary/aromatic N) is 4. The van der Waals surface area contributed by atoms with Crippen molar-refractivity contribution in [2.75, 3.05) is 18.4 Å². The van der Waals surface area contributed by atoms with E-state index in [1.165, 1.54) is 0 Å². The van der Waals surface area contributed by atoms with Crippen LogP contribution in [0.4, 0.5) is 14.7 Å². The normalized spacial score (nSPS) is 16.0. The Labute approximate surface area is 188 Å². The first kappa shape index (κ1) is 20.8. The summed E-state index contributed by atoms with van der Waals surface area (Å²) in [6, 6.07) is 10.9. The quantitative estimate of drug-likeness (QED) is 0.444. The summed E-state index contributed by atoms with van der Waals surface area (Å²) >= 11 is 6.47. The van der Waals surface area contributed by atoms with E-state index in [9.17, 15) is 8.78 Å². The summed E-state index contributed by atoms with van der Waals surface area (Å²) in [5.74, 6) is 0.519. The molecule has 164 valence electrons. The number of fused-ring (bicyclic) bond motifs is 1. The molecule has 0 amide bonds. The molecule has 0 spiro atoms. The van der Waals surface area contributed by atoms with Crippen molar-refractivity contribution in [3.8, 4) is 11.4 Å². The summed E-state index contributed by atoms with van der Waals surface area (Å²) in [5.41, 5.74) is 2.35. The maximum Gasteiger partial charge on any atom is 0.225 e. The van der Waals surface area contributed by atoms with Gasteiger partial charge < -0.3 is 15.2 Å². The summed E-state index contributed by atoms with van der Waals surface area (Å²) < 4.78 is 29.5. The van der Waals surface area contributed by atoms with E-state index in [0.717, 1.165) is 55.6 Å². The van der Waals surface area contributed by atoms with Gasteiger partial charge in [-0.2, -0.15) is 4.98 Å². The zero-order chi connectivity index (χ0) is 22.1. The molecule has 3 heterocycles. The second-order valence-electron chi connectivity index (χ2n) is 7.88. The van der Waals surface area contributed by atoms with E-state index in [1.807, 2.05) is 24.3 Å². The van der Waals surface area contributed by atoms with E-state index in [-0.39, 0.29) is 12.1 Å². The molecular formula is C23H21ClF2N6. The third kappa shape index (κ3) is 4.16. The van der Waals surface area contributed by atoms with E-state index in [0.29, 0.717) is 28.1 Å². The molecule has 5 rings (SSSR count). The summed E-state index contributed by atoms with van der Waals surface area (Å²) in [5, 5.41) is 7.00. The first-order valence-corrected chi connectivity index (χ1v) is 10.8. The van der Waals surface area contributed by atoms with Gasteiger partial charge in [-0.25, -0.2) is 18.7 Å². The summed E-state index contributed by atoms with van der Waals surface area (Å²) in [7, 11) is 0. The number of anilines is 1. The lowest BCUT2D eigenvalue weighted by Crippen LogP contribution is -2.16. The van der Waals surface area contributed by atoms with Crippen LogP contribution in [0.25, 0.3) is 22.6 Å². The van der Waals surface area contributed by atoms with Crippen LogP contribution in [-0.4, -0.2) is 32.6 Å². The molecule has 1 aliphatic rings. The highest BCUT2D eigenvalue weighted by Crippen LogP contribution is 2.31. The lowest BCUT2D eigenvalue weighted by atomic mass is 10.1. The zero-order valence-corrected chi connectivity index (χ0v) is 17.9. The molecule has 0 aliphatic carbocycles. The Kier molecular flexibility index (Phi) is 5.71. The Morgan fingerprint density at radius 2 is 2.03 bits per heavy atom. The first-order chi connectivity index (χ1) is 15.6. The maximum absolute atomic E-state index is 14.0. The van der Waals surface area contributed by atoms with E-state index < -0.39 is 11.6 Å². The third-order valence-electron chi connectivity index (χ3n) is 5.65. The maximum atomic E-state index is 14.0. The van der Waals surface area contributed by atoms with E-state index in [4.69, 9.17) is 16.6 Å². The minimum absolute atomic E-state index is 0.0627. The van der Waals surface area contributed by atoms with Crippen molar-refractivity contribution in [2.24, 2.45) is 5.92 Å². The molecule has 0 radical (unpaired) electrons. The van der Waals surface area contributed by atoms with Crippen molar-refractivity contribution in [1.29, 1.82) is 0 Å². The van der Waals surface area contributed by atoms with Crippen LogP contribution in [0.1, 0.15) is 12.0 Å². The van der Waals surface area contributed by atoms with Crippen molar-refractivity contribution in [1.82, 2.24) is 24.8 Å². The highest BCUT2D eigenvalue weighted by molar-refractivity contribution is 6.33. The Balaban J connectivity index is 1.52. The SMILES string of the molecule is Fc1ccc(F)c(CNc2ncc3nc(-c4ccccc4Cl)n(C[C@H]4CCNC4)c3n2)c1. The van der Waals surface area contributed by atoms with Gasteiger partial charge in [-0.15, -0.1) is 0 Å². The van der Waals surface area contributed by atoms with Crippen molar-refractivity contribution in [3.05, 3.63) is 70.9 Å². The number of hydrogen-bond donors (Lipinski definition) is 2. The van der Waals surface area contributed by atoms with Gasteiger partial charge in [0.1, 0.15) is 23.0 Å².